The highest BCUT2D eigenvalue weighted by Gasteiger charge is 2.11. The Morgan fingerprint density at radius 1 is 0.812 bits per heavy atom. The van der Waals surface area contributed by atoms with Crippen LogP contribution in [0.25, 0.3) is 11.1 Å². The highest BCUT2D eigenvalue weighted by molar-refractivity contribution is 6.41. The summed E-state index contributed by atoms with van der Waals surface area (Å²) in [7, 11) is 0. The molecule has 0 saturated carbocycles. The lowest BCUT2D eigenvalue weighted by atomic mass is 10.1. The van der Waals surface area contributed by atoms with Crippen molar-refractivity contribution in [2.75, 3.05) is 0 Å². The molecule has 0 atom stereocenters. The first kappa shape index (κ1) is 12.1. The maximum Gasteiger partial charge on any atom is 0.0579 e. The predicted molar refractivity (Wildman–Crippen MR) is 70.8 cm³/mol. The molecule has 0 aliphatic heterocycles. The van der Waals surface area contributed by atoms with E-state index in [1.807, 2.05) is 0 Å². The molecule has 0 spiro atoms. The van der Waals surface area contributed by atoms with Gasteiger partial charge < -0.3 is 0 Å². The lowest BCUT2D eigenvalue weighted by Gasteiger charge is -2.08. The minimum absolute atomic E-state index is 0.405. The fourth-order valence-electron chi connectivity index (χ4n) is 1.39. The van der Waals surface area contributed by atoms with Crippen molar-refractivity contribution < 1.29 is 0 Å². The van der Waals surface area contributed by atoms with E-state index in [0.29, 0.717) is 25.7 Å². The summed E-state index contributed by atoms with van der Waals surface area (Å²) in [5.74, 6) is 0. The summed E-state index contributed by atoms with van der Waals surface area (Å²) in [6.45, 7) is 0. The van der Waals surface area contributed by atoms with E-state index >= 15 is 0 Å². The minimum atomic E-state index is 0.405. The highest BCUT2D eigenvalue weighted by Crippen LogP contribution is 2.38. The molecule has 2 aromatic carbocycles. The first-order valence-electron chi connectivity index (χ1n) is 4.41. The van der Waals surface area contributed by atoms with Crippen molar-refractivity contribution in [3.05, 3.63) is 56.5 Å². The fraction of sp³-hybridized carbons (Fsp3) is 0. The van der Waals surface area contributed by atoms with Gasteiger partial charge in [0.25, 0.3) is 0 Å². The smallest absolute Gasteiger partial charge is 0.0579 e. The van der Waals surface area contributed by atoms with Gasteiger partial charge in [-0.05, 0) is 18.2 Å². The van der Waals surface area contributed by atoms with E-state index in [9.17, 15) is 0 Å². The molecule has 0 nitrogen and oxygen atoms in total. The van der Waals surface area contributed by atoms with Crippen LogP contribution >= 0.6 is 46.4 Å². The monoisotopic (exact) mass is 289 g/mol. The minimum Gasteiger partial charge on any atom is -0.0836 e. The highest BCUT2D eigenvalue weighted by atomic mass is 35.5. The van der Waals surface area contributed by atoms with E-state index < -0.39 is 0 Å². The Kier molecular flexibility index (Phi) is 3.66. The second-order valence-corrected chi connectivity index (χ2v) is 4.73. The van der Waals surface area contributed by atoms with Crippen LogP contribution in [-0.2, 0) is 0 Å². The van der Waals surface area contributed by atoms with E-state index in [1.54, 1.807) is 30.3 Å². The Morgan fingerprint density at radius 2 is 1.44 bits per heavy atom. The van der Waals surface area contributed by atoms with Crippen molar-refractivity contribution in [3.8, 4) is 11.1 Å². The maximum absolute atomic E-state index is 6.09. The predicted octanol–water partition coefficient (Wildman–Crippen LogP) is 5.77. The Morgan fingerprint density at radius 3 is 2.00 bits per heavy atom. The molecule has 0 N–H and O–H groups in total. The average molecular weight is 291 g/mol. The molecule has 0 heterocycles. The van der Waals surface area contributed by atoms with E-state index in [2.05, 4.69) is 6.07 Å². The van der Waals surface area contributed by atoms with Crippen LogP contribution in [0.3, 0.4) is 0 Å². The number of hydrogen-bond donors (Lipinski definition) is 0. The van der Waals surface area contributed by atoms with Gasteiger partial charge in [-0.25, -0.2) is 0 Å². The third-order valence-corrected chi connectivity index (χ3v) is 3.24. The van der Waals surface area contributed by atoms with Crippen molar-refractivity contribution in [3.63, 3.8) is 0 Å². The summed E-state index contributed by atoms with van der Waals surface area (Å²) in [5, 5.41) is 1.95. The van der Waals surface area contributed by atoms with E-state index in [-0.39, 0.29) is 0 Å². The summed E-state index contributed by atoms with van der Waals surface area (Å²) in [5.41, 5.74) is 1.42. The Hall–Kier alpha value is -0.400. The van der Waals surface area contributed by atoms with Gasteiger partial charge in [0.15, 0.2) is 0 Å². The normalized spacial score (nSPS) is 10.5. The number of hydrogen-bond acceptors (Lipinski definition) is 0. The van der Waals surface area contributed by atoms with Crippen LogP contribution in [0.15, 0.2) is 30.3 Å². The second-order valence-electron chi connectivity index (χ2n) is 3.13. The average Bonchev–Trinajstić information content (AvgIpc) is 2.20. The lowest BCUT2D eigenvalue weighted by molar-refractivity contribution is 1.61. The molecule has 0 aliphatic carbocycles. The summed E-state index contributed by atoms with van der Waals surface area (Å²) < 4.78 is 0. The van der Waals surface area contributed by atoms with Gasteiger partial charge in [0.2, 0.25) is 0 Å². The van der Waals surface area contributed by atoms with Gasteiger partial charge >= 0.3 is 0 Å². The van der Waals surface area contributed by atoms with Crippen molar-refractivity contribution in [1.82, 2.24) is 0 Å². The Balaban J connectivity index is 2.68. The van der Waals surface area contributed by atoms with Crippen LogP contribution in [0.4, 0.5) is 0 Å². The van der Waals surface area contributed by atoms with Crippen LogP contribution in [-0.4, -0.2) is 0 Å². The van der Waals surface area contributed by atoms with Gasteiger partial charge in [-0.2, -0.15) is 0 Å². The summed E-state index contributed by atoms with van der Waals surface area (Å²) in [6, 6.07) is 11.6. The zero-order valence-electron chi connectivity index (χ0n) is 7.90. The summed E-state index contributed by atoms with van der Waals surface area (Å²) in [6.07, 6.45) is 0. The first-order valence-corrected chi connectivity index (χ1v) is 5.92. The quantitative estimate of drug-likeness (QED) is 0.626. The number of rotatable bonds is 1. The van der Waals surface area contributed by atoms with Crippen molar-refractivity contribution >= 4 is 46.4 Å². The molecule has 0 amide bonds. The number of halogens is 4. The Labute approximate surface area is 114 Å². The molecular weight excluding hydrogens is 286 g/mol. The lowest BCUT2D eigenvalue weighted by Crippen LogP contribution is -1.83. The standard InChI is InChI=1S/C12H5Cl4/c13-7-4-5-8(11(16)6-7)12-9(14)2-1-3-10(12)15/h1-5H. The molecule has 0 fully saturated rings. The van der Waals surface area contributed by atoms with Crippen molar-refractivity contribution in [2.24, 2.45) is 0 Å². The van der Waals surface area contributed by atoms with Gasteiger partial charge in [0.1, 0.15) is 0 Å². The third-order valence-electron chi connectivity index (χ3n) is 2.09. The molecule has 0 aliphatic rings. The van der Waals surface area contributed by atoms with Gasteiger partial charge in [-0.1, -0.05) is 58.5 Å². The molecule has 2 aromatic rings. The van der Waals surface area contributed by atoms with Crippen LogP contribution in [0, 0.1) is 6.07 Å². The van der Waals surface area contributed by atoms with Crippen molar-refractivity contribution in [2.45, 2.75) is 0 Å². The molecule has 81 valence electrons. The molecule has 0 bridgehead atoms. The van der Waals surface area contributed by atoms with E-state index in [1.165, 1.54) is 0 Å². The summed E-state index contributed by atoms with van der Waals surface area (Å²) >= 11 is 24.0. The van der Waals surface area contributed by atoms with Gasteiger partial charge in [-0.15, -0.1) is 0 Å². The third kappa shape index (κ3) is 2.31. The van der Waals surface area contributed by atoms with Gasteiger partial charge in [0, 0.05) is 27.2 Å². The van der Waals surface area contributed by atoms with E-state index in [0.717, 1.165) is 5.56 Å². The molecule has 0 saturated heterocycles. The molecule has 16 heavy (non-hydrogen) atoms. The molecule has 0 aromatic heterocycles. The SMILES string of the molecule is Clc1[c]c(Cl)c(-c2c(Cl)cccc2Cl)cc1. The zero-order valence-corrected chi connectivity index (χ0v) is 10.9. The zero-order chi connectivity index (χ0) is 11.7. The number of benzene rings is 2. The molecule has 1 radical (unpaired) electrons. The Bertz CT molecular complexity index is 514. The first-order chi connectivity index (χ1) is 7.59. The largest absolute Gasteiger partial charge is 0.0836 e. The molecule has 0 unspecified atom stereocenters. The second kappa shape index (κ2) is 4.85. The van der Waals surface area contributed by atoms with E-state index in [4.69, 9.17) is 46.4 Å². The van der Waals surface area contributed by atoms with Crippen LogP contribution < -0.4 is 0 Å². The maximum atomic E-state index is 6.09. The van der Waals surface area contributed by atoms with Crippen LogP contribution in [0.1, 0.15) is 0 Å². The van der Waals surface area contributed by atoms with Crippen LogP contribution in [0.5, 0.6) is 0 Å². The van der Waals surface area contributed by atoms with Gasteiger partial charge in [0.05, 0.1) is 10.0 Å². The molecule has 4 heteroatoms. The van der Waals surface area contributed by atoms with Crippen molar-refractivity contribution in [1.29, 1.82) is 0 Å². The molecule has 2 rings (SSSR count). The van der Waals surface area contributed by atoms with Crippen LogP contribution in [0.2, 0.25) is 20.1 Å². The van der Waals surface area contributed by atoms with Gasteiger partial charge in [-0.3, -0.25) is 0 Å². The summed E-state index contributed by atoms with van der Waals surface area (Å²) in [4.78, 5) is 0. The topological polar surface area (TPSA) is 0 Å². The fourth-order valence-corrected chi connectivity index (χ4v) is 2.46. The molecular formula is C12H5Cl4.